The normalized spacial score (nSPS) is 10.9. The average Bonchev–Trinajstić information content (AvgIpc) is 2.86. The Kier molecular flexibility index (Phi) is 3.76. The molecular formula is C14H6ClF3N2OS. The van der Waals surface area contributed by atoms with E-state index in [0.29, 0.717) is 10.2 Å². The lowest BCUT2D eigenvalue weighted by molar-refractivity contribution is 0.101. The van der Waals surface area contributed by atoms with E-state index < -0.39 is 28.9 Å². The van der Waals surface area contributed by atoms with E-state index in [4.69, 9.17) is 11.6 Å². The summed E-state index contributed by atoms with van der Waals surface area (Å²) in [5, 5.41) is 2.23. The molecule has 0 aliphatic carbocycles. The molecule has 22 heavy (non-hydrogen) atoms. The number of anilines is 1. The first-order chi connectivity index (χ1) is 10.5. The molecule has 0 fully saturated rings. The van der Waals surface area contributed by atoms with E-state index in [2.05, 4.69) is 10.3 Å². The Morgan fingerprint density at radius 3 is 2.45 bits per heavy atom. The van der Waals surface area contributed by atoms with Gasteiger partial charge in [0.1, 0.15) is 23.0 Å². The Bertz CT molecular complexity index is 877. The van der Waals surface area contributed by atoms with Crippen molar-refractivity contribution in [3.8, 4) is 0 Å². The third-order valence-corrected chi connectivity index (χ3v) is 4.35. The van der Waals surface area contributed by atoms with Crippen LogP contribution in [0, 0.1) is 17.5 Å². The maximum Gasteiger partial charge on any atom is 0.263 e. The second-order valence-corrected chi connectivity index (χ2v) is 5.66. The molecule has 0 spiro atoms. The van der Waals surface area contributed by atoms with Crippen LogP contribution in [0.25, 0.3) is 10.2 Å². The topological polar surface area (TPSA) is 42.0 Å². The van der Waals surface area contributed by atoms with Crippen molar-refractivity contribution in [2.45, 2.75) is 0 Å². The van der Waals surface area contributed by atoms with E-state index in [-0.39, 0.29) is 10.2 Å². The van der Waals surface area contributed by atoms with E-state index in [1.54, 1.807) is 0 Å². The van der Waals surface area contributed by atoms with Gasteiger partial charge in [0.15, 0.2) is 5.13 Å². The van der Waals surface area contributed by atoms with Crippen LogP contribution in [0.5, 0.6) is 0 Å². The second kappa shape index (κ2) is 5.58. The summed E-state index contributed by atoms with van der Waals surface area (Å²) in [6.45, 7) is 0. The van der Waals surface area contributed by atoms with Crippen LogP contribution >= 0.6 is 22.9 Å². The van der Waals surface area contributed by atoms with E-state index in [0.717, 1.165) is 35.6 Å². The molecule has 1 aromatic heterocycles. The van der Waals surface area contributed by atoms with Gasteiger partial charge in [0.05, 0.1) is 15.2 Å². The molecule has 0 atom stereocenters. The third-order valence-electron chi connectivity index (χ3n) is 2.86. The molecule has 0 aliphatic heterocycles. The highest BCUT2D eigenvalue weighted by molar-refractivity contribution is 7.23. The summed E-state index contributed by atoms with van der Waals surface area (Å²) in [4.78, 5) is 16.0. The van der Waals surface area contributed by atoms with Crippen LogP contribution < -0.4 is 5.32 Å². The van der Waals surface area contributed by atoms with Crippen LogP contribution in [-0.4, -0.2) is 10.9 Å². The zero-order valence-electron chi connectivity index (χ0n) is 10.7. The highest BCUT2D eigenvalue weighted by Gasteiger charge is 2.19. The third kappa shape index (κ3) is 2.53. The molecule has 3 aromatic rings. The van der Waals surface area contributed by atoms with Gasteiger partial charge < -0.3 is 0 Å². The number of hydrogen-bond donors (Lipinski definition) is 1. The van der Waals surface area contributed by atoms with Gasteiger partial charge in [-0.15, -0.1) is 0 Å². The molecular weight excluding hydrogens is 337 g/mol. The number of thiazole rings is 1. The number of carbonyl (C=O) groups is 1. The maximum absolute atomic E-state index is 13.5. The molecule has 0 bridgehead atoms. The van der Waals surface area contributed by atoms with Crippen LogP contribution in [0.4, 0.5) is 18.3 Å². The quantitative estimate of drug-likeness (QED) is 0.738. The van der Waals surface area contributed by atoms with Crippen molar-refractivity contribution in [2.24, 2.45) is 0 Å². The molecule has 0 saturated heterocycles. The lowest BCUT2D eigenvalue weighted by atomic mass is 10.2. The van der Waals surface area contributed by atoms with Gasteiger partial charge >= 0.3 is 0 Å². The number of amides is 1. The molecule has 8 heteroatoms. The Labute approximate surface area is 131 Å². The van der Waals surface area contributed by atoms with Crippen LogP contribution in [-0.2, 0) is 0 Å². The molecule has 0 unspecified atom stereocenters. The van der Waals surface area contributed by atoms with E-state index in [1.165, 1.54) is 6.07 Å². The van der Waals surface area contributed by atoms with Gasteiger partial charge in [-0.3, -0.25) is 10.1 Å². The molecule has 2 aromatic carbocycles. The molecule has 0 saturated carbocycles. The van der Waals surface area contributed by atoms with Crippen LogP contribution in [0.3, 0.4) is 0 Å². The predicted molar refractivity (Wildman–Crippen MR) is 78.9 cm³/mol. The largest absolute Gasteiger partial charge is 0.298 e. The van der Waals surface area contributed by atoms with Gasteiger partial charge in [0, 0.05) is 0 Å². The first kappa shape index (κ1) is 14.8. The molecule has 3 rings (SSSR count). The van der Waals surface area contributed by atoms with Gasteiger partial charge in [-0.25, -0.2) is 18.2 Å². The van der Waals surface area contributed by atoms with Crippen molar-refractivity contribution in [2.75, 3.05) is 5.32 Å². The molecule has 1 heterocycles. The van der Waals surface area contributed by atoms with Crippen molar-refractivity contribution < 1.29 is 18.0 Å². The Morgan fingerprint density at radius 1 is 1.09 bits per heavy atom. The number of nitrogens with zero attached hydrogens (tertiary/aromatic N) is 1. The lowest BCUT2D eigenvalue weighted by Gasteiger charge is -2.03. The van der Waals surface area contributed by atoms with E-state index >= 15 is 0 Å². The van der Waals surface area contributed by atoms with Crippen LogP contribution in [0.2, 0.25) is 5.02 Å². The molecule has 1 N–H and O–H groups in total. The predicted octanol–water partition coefficient (Wildman–Crippen LogP) is 4.62. The fourth-order valence-electron chi connectivity index (χ4n) is 1.86. The number of fused-ring (bicyclic) bond motifs is 1. The molecule has 0 aliphatic rings. The SMILES string of the molecule is O=C(Nc1nc2ccc(F)c(Cl)c2s1)c1c(F)cccc1F. The van der Waals surface area contributed by atoms with E-state index in [1.807, 2.05) is 0 Å². The van der Waals surface area contributed by atoms with Crippen molar-refractivity contribution in [1.82, 2.24) is 4.98 Å². The zero-order chi connectivity index (χ0) is 15.9. The van der Waals surface area contributed by atoms with Crippen molar-refractivity contribution in [3.05, 3.63) is 58.4 Å². The zero-order valence-corrected chi connectivity index (χ0v) is 12.2. The van der Waals surface area contributed by atoms with Gasteiger partial charge in [-0.1, -0.05) is 29.0 Å². The Hall–Kier alpha value is -2.12. The maximum atomic E-state index is 13.5. The van der Waals surface area contributed by atoms with Gasteiger partial charge in [-0.05, 0) is 24.3 Å². The summed E-state index contributed by atoms with van der Waals surface area (Å²) in [5.41, 5.74) is -0.334. The number of benzene rings is 2. The molecule has 0 radical (unpaired) electrons. The molecule has 1 amide bonds. The highest BCUT2D eigenvalue weighted by Crippen LogP contribution is 2.33. The number of nitrogens with one attached hydrogen (secondary N) is 1. The summed E-state index contributed by atoms with van der Waals surface area (Å²) in [6, 6.07) is 5.64. The minimum absolute atomic E-state index is 0.0650. The summed E-state index contributed by atoms with van der Waals surface area (Å²) in [6.07, 6.45) is 0. The highest BCUT2D eigenvalue weighted by atomic mass is 35.5. The Morgan fingerprint density at radius 2 is 1.77 bits per heavy atom. The van der Waals surface area contributed by atoms with Gasteiger partial charge in [0.2, 0.25) is 0 Å². The first-order valence-electron chi connectivity index (χ1n) is 5.97. The Balaban J connectivity index is 1.96. The number of carbonyl (C=O) groups excluding carboxylic acids is 1. The fraction of sp³-hybridized carbons (Fsp3) is 0. The van der Waals surface area contributed by atoms with Crippen molar-refractivity contribution in [3.63, 3.8) is 0 Å². The fourth-order valence-corrected chi connectivity index (χ4v) is 3.03. The summed E-state index contributed by atoms with van der Waals surface area (Å²) in [7, 11) is 0. The minimum Gasteiger partial charge on any atom is -0.298 e. The van der Waals surface area contributed by atoms with E-state index in [9.17, 15) is 18.0 Å². The standard InChI is InChI=1S/C14H6ClF3N2OS/c15-11-8(18)4-5-9-12(11)22-14(19-9)20-13(21)10-6(16)2-1-3-7(10)17/h1-5H,(H,19,20,21). The average molecular weight is 343 g/mol. The smallest absolute Gasteiger partial charge is 0.263 e. The van der Waals surface area contributed by atoms with Crippen LogP contribution in [0.15, 0.2) is 30.3 Å². The number of aromatic nitrogens is 1. The first-order valence-corrected chi connectivity index (χ1v) is 7.16. The minimum atomic E-state index is -0.984. The summed E-state index contributed by atoms with van der Waals surface area (Å²) < 4.78 is 40.8. The van der Waals surface area contributed by atoms with Gasteiger partial charge in [-0.2, -0.15) is 0 Å². The summed E-state index contributed by atoms with van der Waals surface area (Å²) >= 11 is 6.72. The summed E-state index contributed by atoms with van der Waals surface area (Å²) in [5.74, 6) is -3.56. The van der Waals surface area contributed by atoms with Crippen molar-refractivity contribution in [1.29, 1.82) is 0 Å². The van der Waals surface area contributed by atoms with Crippen molar-refractivity contribution >= 4 is 44.2 Å². The van der Waals surface area contributed by atoms with Crippen LogP contribution in [0.1, 0.15) is 10.4 Å². The lowest BCUT2D eigenvalue weighted by Crippen LogP contribution is -2.15. The molecule has 112 valence electrons. The number of halogens is 4. The number of rotatable bonds is 2. The number of hydrogen-bond acceptors (Lipinski definition) is 3. The van der Waals surface area contributed by atoms with Gasteiger partial charge in [0.25, 0.3) is 5.91 Å². The monoisotopic (exact) mass is 342 g/mol. The second-order valence-electron chi connectivity index (χ2n) is 4.28. The molecule has 3 nitrogen and oxygen atoms in total.